The Balaban J connectivity index is 2.38. The van der Waals surface area contributed by atoms with Crippen LogP contribution in [0.25, 0.3) is 0 Å². The van der Waals surface area contributed by atoms with Gasteiger partial charge in [0, 0.05) is 16.0 Å². The van der Waals surface area contributed by atoms with Crippen LogP contribution in [0, 0.1) is 13.8 Å². The van der Waals surface area contributed by atoms with Gasteiger partial charge >= 0.3 is 0 Å². The number of nitrogens with two attached hydrogens (primary N) is 1. The third kappa shape index (κ3) is 3.73. The second kappa shape index (κ2) is 5.64. The minimum atomic E-state index is -0.182. The lowest BCUT2D eigenvalue weighted by atomic mass is 9.96. The summed E-state index contributed by atoms with van der Waals surface area (Å²) >= 11 is 3.55. The van der Waals surface area contributed by atoms with Crippen molar-refractivity contribution in [2.45, 2.75) is 40.0 Å². The monoisotopic (exact) mass is 349 g/mol. The maximum absolute atomic E-state index is 5.86. The molecule has 0 spiro atoms. The van der Waals surface area contributed by atoms with Crippen molar-refractivity contribution in [2.24, 2.45) is 0 Å². The van der Waals surface area contributed by atoms with Gasteiger partial charge in [-0.3, -0.25) is 0 Å². The number of benzene rings is 1. The van der Waals surface area contributed by atoms with Gasteiger partial charge in [0.1, 0.15) is 17.4 Å². The van der Waals surface area contributed by atoms with Gasteiger partial charge in [-0.25, -0.2) is 4.98 Å². The molecule has 2 N–H and O–H groups in total. The molecular weight excluding hydrogens is 330 g/mol. The van der Waals surface area contributed by atoms with Crippen molar-refractivity contribution in [1.82, 2.24) is 9.97 Å². The van der Waals surface area contributed by atoms with Crippen LogP contribution in [-0.4, -0.2) is 9.97 Å². The van der Waals surface area contributed by atoms with Crippen molar-refractivity contribution < 1.29 is 4.74 Å². The van der Waals surface area contributed by atoms with Crippen molar-refractivity contribution >= 4 is 21.7 Å². The van der Waals surface area contributed by atoms with E-state index in [2.05, 4.69) is 25.9 Å². The minimum absolute atomic E-state index is 0.182. The van der Waals surface area contributed by atoms with Gasteiger partial charge in [-0.1, -0.05) is 36.7 Å². The molecule has 0 atom stereocenters. The first-order chi connectivity index (χ1) is 9.66. The van der Waals surface area contributed by atoms with Gasteiger partial charge in [0.25, 0.3) is 0 Å². The zero-order valence-corrected chi connectivity index (χ0v) is 14.6. The lowest BCUT2D eigenvalue weighted by Crippen LogP contribution is -2.17. The molecule has 0 saturated carbocycles. The van der Waals surface area contributed by atoms with E-state index in [-0.39, 0.29) is 5.41 Å². The van der Waals surface area contributed by atoms with Gasteiger partial charge in [0.15, 0.2) is 0 Å². The Morgan fingerprint density at radius 1 is 1.05 bits per heavy atom. The largest absolute Gasteiger partial charge is 0.439 e. The molecule has 1 heterocycles. The first-order valence-corrected chi connectivity index (χ1v) is 7.56. The van der Waals surface area contributed by atoms with Gasteiger partial charge in [0.2, 0.25) is 5.88 Å². The molecule has 5 heteroatoms. The summed E-state index contributed by atoms with van der Waals surface area (Å²) in [6.45, 7) is 10.2. The van der Waals surface area contributed by atoms with E-state index in [1.165, 1.54) is 0 Å². The van der Waals surface area contributed by atoms with Crippen LogP contribution in [0.5, 0.6) is 11.6 Å². The molecule has 0 bridgehead atoms. The summed E-state index contributed by atoms with van der Waals surface area (Å²) in [5.74, 6) is 2.29. The van der Waals surface area contributed by atoms with Crippen molar-refractivity contribution in [2.75, 3.05) is 5.73 Å². The maximum Gasteiger partial charge on any atom is 0.224 e. The second-order valence-electron chi connectivity index (χ2n) is 6.18. The molecule has 0 aliphatic rings. The van der Waals surface area contributed by atoms with Gasteiger partial charge in [0.05, 0.1) is 0 Å². The Labute approximate surface area is 133 Å². The normalized spacial score (nSPS) is 11.5. The van der Waals surface area contributed by atoms with Crippen LogP contribution in [0.15, 0.2) is 22.7 Å². The summed E-state index contributed by atoms with van der Waals surface area (Å²) in [5.41, 5.74) is 7.90. The summed E-state index contributed by atoms with van der Waals surface area (Å²) in [6, 6.07) is 5.57. The SMILES string of the molecule is Cc1cc(Oc2cc(N)nc(C(C)(C)C)n2)cc(C)c1Br. The van der Waals surface area contributed by atoms with Gasteiger partial charge < -0.3 is 10.5 Å². The molecule has 2 rings (SSSR count). The van der Waals surface area contributed by atoms with E-state index in [4.69, 9.17) is 10.5 Å². The van der Waals surface area contributed by atoms with E-state index in [9.17, 15) is 0 Å². The molecule has 2 aromatic rings. The predicted molar refractivity (Wildman–Crippen MR) is 88.8 cm³/mol. The maximum atomic E-state index is 5.86. The zero-order valence-electron chi connectivity index (χ0n) is 13.0. The second-order valence-corrected chi connectivity index (χ2v) is 6.97. The molecular formula is C16H20BrN3O. The number of ether oxygens (including phenoxy) is 1. The quantitative estimate of drug-likeness (QED) is 0.865. The minimum Gasteiger partial charge on any atom is -0.439 e. The fourth-order valence-electron chi connectivity index (χ4n) is 1.92. The van der Waals surface area contributed by atoms with E-state index in [1.807, 2.05) is 46.8 Å². The molecule has 0 aliphatic carbocycles. The molecule has 0 amide bonds. The molecule has 21 heavy (non-hydrogen) atoms. The smallest absolute Gasteiger partial charge is 0.224 e. The summed E-state index contributed by atoms with van der Waals surface area (Å²) < 4.78 is 6.95. The number of nitrogens with zero attached hydrogens (tertiary/aromatic N) is 2. The highest BCUT2D eigenvalue weighted by molar-refractivity contribution is 9.10. The Hall–Kier alpha value is -1.62. The van der Waals surface area contributed by atoms with Gasteiger partial charge in [-0.15, -0.1) is 0 Å². The summed E-state index contributed by atoms with van der Waals surface area (Å²) in [5, 5.41) is 0. The molecule has 1 aromatic carbocycles. The average Bonchev–Trinajstić information content (AvgIpc) is 2.34. The summed E-state index contributed by atoms with van der Waals surface area (Å²) in [7, 11) is 0. The van der Waals surface area contributed by atoms with Crippen LogP contribution in [-0.2, 0) is 5.41 Å². The molecule has 0 saturated heterocycles. The average molecular weight is 350 g/mol. The van der Waals surface area contributed by atoms with Gasteiger partial charge in [-0.05, 0) is 37.1 Å². The van der Waals surface area contributed by atoms with Crippen LogP contribution in [0.1, 0.15) is 37.7 Å². The Bertz CT molecular complexity index is 655. The number of halogens is 1. The van der Waals surface area contributed by atoms with Crippen molar-refractivity contribution in [3.63, 3.8) is 0 Å². The number of aromatic nitrogens is 2. The lowest BCUT2D eigenvalue weighted by Gasteiger charge is -2.18. The number of hydrogen-bond acceptors (Lipinski definition) is 4. The van der Waals surface area contributed by atoms with Crippen LogP contribution < -0.4 is 10.5 Å². The van der Waals surface area contributed by atoms with Crippen LogP contribution in [0.4, 0.5) is 5.82 Å². The number of anilines is 1. The Morgan fingerprint density at radius 2 is 1.62 bits per heavy atom. The number of hydrogen-bond donors (Lipinski definition) is 1. The Morgan fingerprint density at radius 3 is 2.14 bits per heavy atom. The first-order valence-electron chi connectivity index (χ1n) is 6.76. The van der Waals surface area contributed by atoms with E-state index in [1.54, 1.807) is 6.07 Å². The van der Waals surface area contributed by atoms with Crippen molar-refractivity contribution in [3.05, 3.63) is 39.6 Å². The molecule has 1 aromatic heterocycles. The third-order valence-electron chi connectivity index (χ3n) is 3.03. The number of nitrogen functional groups attached to an aromatic ring is 1. The fourth-order valence-corrected chi connectivity index (χ4v) is 2.15. The van der Waals surface area contributed by atoms with E-state index in [0.717, 1.165) is 21.3 Å². The highest BCUT2D eigenvalue weighted by Gasteiger charge is 2.19. The van der Waals surface area contributed by atoms with Crippen LogP contribution in [0.2, 0.25) is 0 Å². The van der Waals surface area contributed by atoms with E-state index >= 15 is 0 Å². The van der Waals surface area contributed by atoms with E-state index in [0.29, 0.717) is 17.5 Å². The third-order valence-corrected chi connectivity index (χ3v) is 4.28. The molecule has 0 unspecified atom stereocenters. The van der Waals surface area contributed by atoms with Crippen molar-refractivity contribution in [3.8, 4) is 11.6 Å². The highest BCUT2D eigenvalue weighted by atomic mass is 79.9. The van der Waals surface area contributed by atoms with Crippen molar-refractivity contribution in [1.29, 1.82) is 0 Å². The fraction of sp³-hybridized carbons (Fsp3) is 0.375. The zero-order chi connectivity index (χ0) is 15.8. The standard InChI is InChI=1S/C16H20BrN3O/c1-9-6-11(7-10(2)14(9)17)21-13-8-12(18)19-15(20-13)16(3,4)5/h6-8H,1-5H3,(H2,18,19,20). The summed E-state index contributed by atoms with van der Waals surface area (Å²) in [4.78, 5) is 8.73. The summed E-state index contributed by atoms with van der Waals surface area (Å²) in [6.07, 6.45) is 0. The molecule has 0 fully saturated rings. The van der Waals surface area contributed by atoms with Gasteiger partial charge in [-0.2, -0.15) is 4.98 Å². The molecule has 112 valence electrons. The van der Waals surface area contributed by atoms with Crippen LogP contribution in [0.3, 0.4) is 0 Å². The molecule has 4 nitrogen and oxygen atoms in total. The number of aryl methyl sites for hydroxylation is 2. The Kier molecular flexibility index (Phi) is 4.23. The highest BCUT2D eigenvalue weighted by Crippen LogP contribution is 2.30. The molecule has 0 radical (unpaired) electrons. The lowest BCUT2D eigenvalue weighted by molar-refractivity contribution is 0.446. The predicted octanol–water partition coefficient (Wildman–Crippen LogP) is 4.53. The number of rotatable bonds is 2. The topological polar surface area (TPSA) is 61.0 Å². The first kappa shape index (κ1) is 15.8. The molecule has 0 aliphatic heterocycles. The van der Waals surface area contributed by atoms with Crippen LogP contribution >= 0.6 is 15.9 Å². The van der Waals surface area contributed by atoms with E-state index < -0.39 is 0 Å².